The predicted molar refractivity (Wildman–Crippen MR) is 54.5 cm³/mol. The van der Waals surface area contributed by atoms with Crippen molar-refractivity contribution in [1.82, 2.24) is 0 Å². The third kappa shape index (κ3) is 1.97. The Morgan fingerprint density at radius 1 is 1.64 bits per heavy atom. The molecule has 0 saturated carbocycles. The molecule has 0 aromatic heterocycles. The molecular formula is C10H10ClFN2. The Balaban J connectivity index is 3.27. The van der Waals surface area contributed by atoms with Crippen LogP contribution in [-0.2, 0) is 0 Å². The summed E-state index contributed by atoms with van der Waals surface area (Å²) in [4.78, 5) is 0. The van der Waals surface area contributed by atoms with Crippen LogP contribution in [0.5, 0.6) is 0 Å². The fraction of sp³-hybridized carbons (Fsp3) is 0.300. The van der Waals surface area contributed by atoms with E-state index in [4.69, 9.17) is 22.6 Å². The van der Waals surface area contributed by atoms with E-state index >= 15 is 0 Å². The Kier molecular flexibility index (Phi) is 3.32. The van der Waals surface area contributed by atoms with Crippen molar-refractivity contribution in [1.29, 1.82) is 5.26 Å². The fourth-order valence-corrected chi connectivity index (χ4v) is 1.49. The van der Waals surface area contributed by atoms with E-state index in [-0.39, 0.29) is 10.7 Å². The first-order valence-electron chi connectivity index (χ1n) is 4.24. The van der Waals surface area contributed by atoms with Gasteiger partial charge in [-0.1, -0.05) is 18.5 Å². The standard InChI is InChI=1S/C10H10ClFN2/c1-2-6(5-13)8-3-7(11)4-9(12)10(8)14/h3-4,6H,2,14H2,1H3. The minimum atomic E-state index is -0.568. The average Bonchev–Trinajstić information content (AvgIpc) is 2.15. The maximum Gasteiger partial charge on any atom is 0.147 e. The van der Waals surface area contributed by atoms with E-state index in [1.165, 1.54) is 6.07 Å². The monoisotopic (exact) mass is 212 g/mol. The van der Waals surface area contributed by atoms with Gasteiger partial charge >= 0.3 is 0 Å². The highest BCUT2D eigenvalue weighted by Gasteiger charge is 2.15. The van der Waals surface area contributed by atoms with E-state index in [9.17, 15) is 4.39 Å². The lowest BCUT2D eigenvalue weighted by molar-refractivity contribution is 0.629. The minimum Gasteiger partial charge on any atom is -0.396 e. The van der Waals surface area contributed by atoms with Crippen molar-refractivity contribution in [2.75, 3.05) is 5.73 Å². The molecule has 4 heteroatoms. The first-order chi connectivity index (χ1) is 6.60. The van der Waals surface area contributed by atoms with Crippen LogP contribution in [0.1, 0.15) is 24.8 Å². The molecule has 0 amide bonds. The fourth-order valence-electron chi connectivity index (χ4n) is 1.27. The zero-order valence-corrected chi connectivity index (χ0v) is 8.48. The van der Waals surface area contributed by atoms with Crippen LogP contribution in [0.4, 0.5) is 10.1 Å². The largest absolute Gasteiger partial charge is 0.396 e. The minimum absolute atomic E-state index is 0.0165. The van der Waals surface area contributed by atoms with Crippen molar-refractivity contribution in [3.05, 3.63) is 28.5 Å². The maximum absolute atomic E-state index is 13.2. The highest BCUT2D eigenvalue weighted by molar-refractivity contribution is 6.30. The lowest BCUT2D eigenvalue weighted by atomic mass is 9.96. The molecule has 1 unspecified atom stereocenters. The lowest BCUT2D eigenvalue weighted by Gasteiger charge is -2.10. The van der Waals surface area contributed by atoms with Crippen molar-refractivity contribution in [3.8, 4) is 6.07 Å². The van der Waals surface area contributed by atoms with Crippen LogP contribution in [-0.4, -0.2) is 0 Å². The van der Waals surface area contributed by atoms with Crippen molar-refractivity contribution >= 4 is 17.3 Å². The number of nitrogens with two attached hydrogens (primary N) is 1. The molecule has 0 radical (unpaired) electrons. The van der Waals surface area contributed by atoms with Gasteiger partial charge in [0.15, 0.2) is 0 Å². The molecule has 0 aliphatic heterocycles. The third-order valence-electron chi connectivity index (χ3n) is 2.07. The van der Waals surface area contributed by atoms with Gasteiger partial charge in [0.2, 0.25) is 0 Å². The van der Waals surface area contributed by atoms with Crippen LogP contribution in [0.25, 0.3) is 0 Å². The number of nitrogen functional groups attached to an aromatic ring is 1. The van der Waals surface area contributed by atoms with Gasteiger partial charge in [-0.3, -0.25) is 0 Å². The Labute approximate surface area is 87.1 Å². The first kappa shape index (κ1) is 10.8. The highest BCUT2D eigenvalue weighted by atomic mass is 35.5. The van der Waals surface area contributed by atoms with E-state index < -0.39 is 11.7 Å². The van der Waals surface area contributed by atoms with Crippen molar-refractivity contribution in [2.24, 2.45) is 0 Å². The Bertz CT molecular complexity index is 384. The van der Waals surface area contributed by atoms with E-state index in [1.807, 2.05) is 6.92 Å². The smallest absolute Gasteiger partial charge is 0.147 e. The van der Waals surface area contributed by atoms with Crippen molar-refractivity contribution in [2.45, 2.75) is 19.3 Å². The molecule has 0 aliphatic rings. The quantitative estimate of drug-likeness (QED) is 0.766. The first-order valence-corrected chi connectivity index (χ1v) is 4.62. The Morgan fingerprint density at radius 3 is 2.79 bits per heavy atom. The molecule has 0 heterocycles. The maximum atomic E-state index is 13.2. The molecule has 74 valence electrons. The predicted octanol–water partition coefficient (Wildman–Crippen LogP) is 3.08. The second kappa shape index (κ2) is 4.30. The van der Waals surface area contributed by atoms with Crippen LogP contribution in [0.2, 0.25) is 5.02 Å². The topological polar surface area (TPSA) is 49.8 Å². The molecule has 1 rings (SSSR count). The van der Waals surface area contributed by atoms with Crippen LogP contribution in [0, 0.1) is 17.1 Å². The molecule has 0 saturated heterocycles. The van der Waals surface area contributed by atoms with Crippen LogP contribution < -0.4 is 5.73 Å². The second-order valence-corrected chi connectivity index (χ2v) is 3.42. The number of hydrogen-bond acceptors (Lipinski definition) is 2. The molecule has 0 bridgehead atoms. The van der Waals surface area contributed by atoms with Gasteiger partial charge in [-0.15, -0.1) is 0 Å². The van der Waals surface area contributed by atoms with Crippen LogP contribution in [0.15, 0.2) is 12.1 Å². The Morgan fingerprint density at radius 2 is 2.29 bits per heavy atom. The average molecular weight is 213 g/mol. The van der Waals surface area contributed by atoms with Gasteiger partial charge in [-0.2, -0.15) is 5.26 Å². The second-order valence-electron chi connectivity index (χ2n) is 2.98. The summed E-state index contributed by atoms with van der Waals surface area (Å²) in [5.74, 6) is -0.968. The van der Waals surface area contributed by atoms with Gasteiger partial charge in [0.25, 0.3) is 0 Å². The number of nitrogens with zero attached hydrogens (tertiary/aromatic N) is 1. The zero-order valence-electron chi connectivity index (χ0n) is 7.72. The molecule has 2 nitrogen and oxygen atoms in total. The molecular weight excluding hydrogens is 203 g/mol. The van der Waals surface area contributed by atoms with Crippen molar-refractivity contribution < 1.29 is 4.39 Å². The summed E-state index contributed by atoms with van der Waals surface area (Å²) in [5.41, 5.74) is 6.01. The number of rotatable bonds is 2. The van der Waals surface area contributed by atoms with E-state index in [2.05, 4.69) is 6.07 Å². The number of hydrogen-bond donors (Lipinski definition) is 1. The molecule has 1 atom stereocenters. The van der Waals surface area contributed by atoms with Gasteiger partial charge in [-0.05, 0) is 24.1 Å². The SMILES string of the molecule is CCC(C#N)c1cc(Cl)cc(F)c1N. The molecule has 2 N–H and O–H groups in total. The van der Waals surface area contributed by atoms with Gasteiger partial charge in [-0.25, -0.2) is 4.39 Å². The molecule has 0 spiro atoms. The number of anilines is 1. The number of halogens is 2. The van der Waals surface area contributed by atoms with Gasteiger partial charge in [0.05, 0.1) is 17.7 Å². The molecule has 14 heavy (non-hydrogen) atoms. The molecule has 1 aromatic rings. The summed E-state index contributed by atoms with van der Waals surface area (Å²) < 4.78 is 13.2. The van der Waals surface area contributed by atoms with E-state index in [0.717, 1.165) is 6.07 Å². The van der Waals surface area contributed by atoms with E-state index in [1.54, 1.807) is 0 Å². The van der Waals surface area contributed by atoms with Gasteiger partial charge in [0, 0.05) is 5.02 Å². The van der Waals surface area contributed by atoms with Gasteiger partial charge in [0.1, 0.15) is 5.82 Å². The number of nitriles is 1. The summed E-state index contributed by atoms with van der Waals surface area (Å²) in [6, 6.07) is 4.74. The summed E-state index contributed by atoms with van der Waals surface area (Å²) in [6.07, 6.45) is 0.584. The molecule has 0 aliphatic carbocycles. The summed E-state index contributed by atoms with van der Waals surface area (Å²) >= 11 is 5.68. The zero-order chi connectivity index (χ0) is 10.7. The summed E-state index contributed by atoms with van der Waals surface area (Å²) in [7, 11) is 0. The third-order valence-corrected chi connectivity index (χ3v) is 2.28. The Hall–Kier alpha value is -1.27. The molecule has 1 aromatic carbocycles. The summed E-state index contributed by atoms with van der Waals surface area (Å²) in [6.45, 7) is 1.84. The number of benzene rings is 1. The van der Waals surface area contributed by atoms with Crippen LogP contribution >= 0.6 is 11.6 Å². The normalized spacial score (nSPS) is 12.1. The van der Waals surface area contributed by atoms with E-state index in [0.29, 0.717) is 12.0 Å². The summed E-state index contributed by atoms with van der Waals surface area (Å²) in [5, 5.41) is 9.08. The van der Waals surface area contributed by atoms with Gasteiger partial charge < -0.3 is 5.73 Å². The highest BCUT2D eigenvalue weighted by Crippen LogP contribution is 2.29. The van der Waals surface area contributed by atoms with Crippen molar-refractivity contribution in [3.63, 3.8) is 0 Å². The lowest BCUT2D eigenvalue weighted by Crippen LogP contribution is -2.02. The van der Waals surface area contributed by atoms with Crippen LogP contribution in [0.3, 0.4) is 0 Å². The molecule has 0 fully saturated rings.